The van der Waals surface area contributed by atoms with Crippen LogP contribution in [0.3, 0.4) is 0 Å². The highest BCUT2D eigenvalue weighted by molar-refractivity contribution is 5.46. The molecule has 21 heavy (non-hydrogen) atoms. The molecule has 110 valence electrons. The molecule has 0 aliphatic carbocycles. The van der Waals surface area contributed by atoms with Crippen molar-refractivity contribution in [2.75, 3.05) is 24.5 Å². The number of rotatable bonds is 3. The van der Waals surface area contributed by atoms with Crippen molar-refractivity contribution >= 4 is 5.69 Å². The van der Waals surface area contributed by atoms with Crippen LogP contribution in [-0.2, 0) is 6.42 Å². The normalized spacial score (nSPS) is 19.3. The van der Waals surface area contributed by atoms with Crippen LogP contribution in [0.2, 0.25) is 0 Å². The van der Waals surface area contributed by atoms with E-state index in [0.29, 0.717) is 6.04 Å². The summed E-state index contributed by atoms with van der Waals surface area (Å²) in [6.45, 7) is 3.01. The lowest BCUT2D eigenvalue weighted by Crippen LogP contribution is -2.39. The van der Waals surface area contributed by atoms with Crippen LogP contribution < -0.4 is 10.2 Å². The van der Waals surface area contributed by atoms with E-state index in [-0.39, 0.29) is 5.82 Å². The third kappa shape index (κ3) is 3.82. The minimum absolute atomic E-state index is 0.174. The molecular formula is C18H21FN2. The van der Waals surface area contributed by atoms with Gasteiger partial charge in [-0.2, -0.15) is 0 Å². The van der Waals surface area contributed by atoms with Crippen molar-refractivity contribution in [1.29, 1.82) is 0 Å². The smallest absolute Gasteiger partial charge is 0.123 e. The first-order valence-electron chi connectivity index (χ1n) is 7.59. The summed E-state index contributed by atoms with van der Waals surface area (Å²) in [4.78, 5) is 2.35. The highest BCUT2D eigenvalue weighted by Gasteiger charge is 2.18. The third-order valence-electron chi connectivity index (χ3n) is 4.00. The summed E-state index contributed by atoms with van der Waals surface area (Å²) in [5.74, 6) is -0.174. The average molecular weight is 284 g/mol. The van der Waals surface area contributed by atoms with Gasteiger partial charge >= 0.3 is 0 Å². The second-order valence-corrected chi connectivity index (χ2v) is 5.62. The van der Waals surface area contributed by atoms with Crippen LogP contribution in [0.5, 0.6) is 0 Å². The molecule has 0 radical (unpaired) electrons. The zero-order chi connectivity index (χ0) is 14.5. The summed E-state index contributed by atoms with van der Waals surface area (Å²) in [7, 11) is 0. The van der Waals surface area contributed by atoms with Gasteiger partial charge in [0.25, 0.3) is 0 Å². The Labute approximate surface area is 125 Å². The molecule has 0 saturated carbocycles. The van der Waals surface area contributed by atoms with Crippen molar-refractivity contribution in [3.8, 4) is 0 Å². The van der Waals surface area contributed by atoms with E-state index in [1.54, 1.807) is 12.1 Å². The number of halogens is 1. The summed E-state index contributed by atoms with van der Waals surface area (Å²) in [5, 5.41) is 3.63. The molecule has 0 bridgehead atoms. The predicted molar refractivity (Wildman–Crippen MR) is 85.2 cm³/mol. The lowest BCUT2D eigenvalue weighted by molar-refractivity contribution is 0.540. The van der Waals surface area contributed by atoms with Crippen LogP contribution in [0.15, 0.2) is 54.6 Å². The van der Waals surface area contributed by atoms with E-state index in [9.17, 15) is 4.39 Å². The molecule has 2 nitrogen and oxygen atoms in total. The van der Waals surface area contributed by atoms with Crippen molar-refractivity contribution in [1.82, 2.24) is 5.32 Å². The molecule has 2 aromatic rings. The zero-order valence-corrected chi connectivity index (χ0v) is 12.1. The molecule has 0 aromatic heterocycles. The molecular weight excluding hydrogens is 263 g/mol. The van der Waals surface area contributed by atoms with Crippen LogP contribution in [0, 0.1) is 5.82 Å². The van der Waals surface area contributed by atoms with Gasteiger partial charge in [0.05, 0.1) is 0 Å². The van der Waals surface area contributed by atoms with E-state index in [4.69, 9.17) is 0 Å². The Balaban J connectivity index is 1.70. The van der Waals surface area contributed by atoms with Gasteiger partial charge in [-0.05, 0) is 49.2 Å². The van der Waals surface area contributed by atoms with Gasteiger partial charge in [0, 0.05) is 24.8 Å². The van der Waals surface area contributed by atoms with Crippen LogP contribution in [-0.4, -0.2) is 25.7 Å². The Morgan fingerprint density at radius 1 is 1.05 bits per heavy atom. The van der Waals surface area contributed by atoms with Gasteiger partial charge in [0.1, 0.15) is 5.82 Å². The molecule has 3 rings (SSSR count). The van der Waals surface area contributed by atoms with E-state index in [0.717, 1.165) is 38.2 Å². The Kier molecular flexibility index (Phi) is 4.51. The predicted octanol–water partition coefficient (Wildman–Crippen LogP) is 3.24. The van der Waals surface area contributed by atoms with Gasteiger partial charge < -0.3 is 10.2 Å². The maximum absolute atomic E-state index is 13.1. The van der Waals surface area contributed by atoms with Gasteiger partial charge in [-0.25, -0.2) is 4.39 Å². The number of anilines is 1. The van der Waals surface area contributed by atoms with E-state index >= 15 is 0 Å². The molecule has 1 atom stereocenters. The first-order valence-corrected chi connectivity index (χ1v) is 7.59. The van der Waals surface area contributed by atoms with E-state index in [2.05, 4.69) is 40.5 Å². The fraction of sp³-hybridized carbons (Fsp3) is 0.333. The monoisotopic (exact) mass is 284 g/mol. The minimum Gasteiger partial charge on any atom is -0.370 e. The Hall–Kier alpha value is -1.87. The molecule has 3 heteroatoms. The fourth-order valence-corrected chi connectivity index (χ4v) is 2.92. The van der Waals surface area contributed by atoms with Crippen molar-refractivity contribution in [3.63, 3.8) is 0 Å². The van der Waals surface area contributed by atoms with E-state index < -0.39 is 0 Å². The van der Waals surface area contributed by atoms with Crippen LogP contribution in [0.25, 0.3) is 0 Å². The lowest BCUT2D eigenvalue weighted by Gasteiger charge is -2.26. The summed E-state index contributed by atoms with van der Waals surface area (Å²) in [6.07, 6.45) is 2.14. The highest BCUT2D eigenvalue weighted by atomic mass is 19.1. The van der Waals surface area contributed by atoms with Crippen molar-refractivity contribution in [2.45, 2.75) is 18.9 Å². The standard InChI is InChI=1S/C18H21FN2/c19-16-7-9-18(10-8-16)21-12-4-11-20-17(14-21)13-15-5-2-1-3-6-15/h1-3,5-10,17,20H,4,11-14H2. The maximum Gasteiger partial charge on any atom is 0.123 e. The van der Waals surface area contributed by atoms with Gasteiger partial charge in [-0.1, -0.05) is 30.3 Å². The average Bonchev–Trinajstić information content (AvgIpc) is 2.75. The topological polar surface area (TPSA) is 15.3 Å². The second kappa shape index (κ2) is 6.72. The highest BCUT2D eigenvalue weighted by Crippen LogP contribution is 2.18. The molecule has 1 saturated heterocycles. The van der Waals surface area contributed by atoms with E-state index in [1.165, 1.54) is 5.56 Å². The Morgan fingerprint density at radius 3 is 2.57 bits per heavy atom. The minimum atomic E-state index is -0.174. The van der Waals surface area contributed by atoms with E-state index in [1.807, 2.05) is 12.1 Å². The molecule has 1 heterocycles. The Bertz CT molecular complexity index is 553. The first kappa shape index (κ1) is 14.1. The van der Waals surface area contributed by atoms with Gasteiger partial charge in [0.15, 0.2) is 0 Å². The number of hydrogen-bond donors (Lipinski definition) is 1. The molecule has 1 aliphatic rings. The molecule has 1 fully saturated rings. The fourth-order valence-electron chi connectivity index (χ4n) is 2.92. The lowest BCUT2D eigenvalue weighted by atomic mass is 10.1. The van der Waals surface area contributed by atoms with Gasteiger partial charge in [-0.15, -0.1) is 0 Å². The molecule has 1 N–H and O–H groups in total. The Morgan fingerprint density at radius 2 is 1.81 bits per heavy atom. The molecule has 0 amide bonds. The summed E-state index contributed by atoms with van der Waals surface area (Å²) in [6, 6.07) is 17.8. The summed E-state index contributed by atoms with van der Waals surface area (Å²) in [5.41, 5.74) is 2.47. The van der Waals surface area contributed by atoms with Crippen LogP contribution >= 0.6 is 0 Å². The van der Waals surface area contributed by atoms with Crippen LogP contribution in [0.1, 0.15) is 12.0 Å². The molecule has 1 aliphatic heterocycles. The zero-order valence-electron chi connectivity index (χ0n) is 12.1. The largest absolute Gasteiger partial charge is 0.370 e. The molecule has 0 spiro atoms. The molecule has 1 unspecified atom stereocenters. The van der Waals surface area contributed by atoms with Crippen molar-refractivity contribution in [2.24, 2.45) is 0 Å². The number of hydrogen-bond acceptors (Lipinski definition) is 2. The SMILES string of the molecule is Fc1ccc(N2CCCNC(Cc3ccccc3)C2)cc1. The number of nitrogens with one attached hydrogen (secondary N) is 1. The summed E-state index contributed by atoms with van der Waals surface area (Å²) >= 11 is 0. The van der Waals surface area contributed by atoms with Crippen LogP contribution in [0.4, 0.5) is 10.1 Å². The maximum atomic E-state index is 13.1. The van der Waals surface area contributed by atoms with Gasteiger partial charge in [-0.3, -0.25) is 0 Å². The molecule has 2 aromatic carbocycles. The van der Waals surface area contributed by atoms with Gasteiger partial charge in [0.2, 0.25) is 0 Å². The van der Waals surface area contributed by atoms with Crippen molar-refractivity contribution < 1.29 is 4.39 Å². The quantitative estimate of drug-likeness (QED) is 0.931. The second-order valence-electron chi connectivity index (χ2n) is 5.62. The first-order chi connectivity index (χ1) is 10.3. The third-order valence-corrected chi connectivity index (χ3v) is 4.00. The number of benzene rings is 2. The number of nitrogens with zero attached hydrogens (tertiary/aromatic N) is 1. The summed E-state index contributed by atoms with van der Waals surface area (Å²) < 4.78 is 13.1. The van der Waals surface area contributed by atoms with Crippen molar-refractivity contribution in [3.05, 3.63) is 66.0 Å².